The molecule has 1 aliphatic heterocycles. The number of carbonyl (C=O) groups excluding carboxylic acids is 1. The Morgan fingerprint density at radius 2 is 2.13 bits per heavy atom. The highest BCUT2D eigenvalue weighted by Gasteiger charge is 2.18. The molecule has 1 fully saturated rings. The van der Waals surface area contributed by atoms with Crippen molar-refractivity contribution in [3.8, 4) is 5.82 Å². The molecule has 3 rings (SSSR count). The van der Waals surface area contributed by atoms with Gasteiger partial charge in [0.05, 0.1) is 0 Å². The molecular weight excluding hydrogens is 292 g/mol. The zero-order chi connectivity index (χ0) is 16.1. The molecule has 23 heavy (non-hydrogen) atoms. The van der Waals surface area contributed by atoms with Gasteiger partial charge in [0.2, 0.25) is 0 Å². The number of rotatable bonds is 4. The molecule has 3 heterocycles. The quantitative estimate of drug-likeness (QED) is 0.888. The Hall–Kier alpha value is -2.41. The van der Waals surface area contributed by atoms with Crippen LogP contribution in [-0.2, 0) is 6.54 Å². The van der Waals surface area contributed by atoms with Crippen LogP contribution in [0.15, 0.2) is 36.8 Å². The molecule has 0 radical (unpaired) electrons. The second kappa shape index (κ2) is 7.23. The topological polar surface area (TPSA) is 75.1 Å². The van der Waals surface area contributed by atoms with Gasteiger partial charge >= 0.3 is 6.03 Å². The summed E-state index contributed by atoms with van der Waals surface area (Å²) < 4.78 is 1.70. The number of piperidine rings is 1. The molecule has 7 heteroatoms. The number of hydrogen-bond acceptors (Lipinski definition) is 4. The molecule has 0 bridgehead atoms. The van der Waals surface area contributed by atoms with Crippen molar-refractivity contribution in [3.63, 3.8) is 0 Å². The first-order chi connectivity index (χ1) is 11.2. The Morgan fingerprint density at radius 1 is 1.30 bits per heavy atom. The predicted octanol–water partition coefficient (Wildman–Crippen LogP) is 1.16. The highest BCUT2D eigenvalue weighted by molar-refractivity contribution is 5.74. The van der Waals surface area contributed by atoms with Gasteiger partial charge in [0.25, 0.3) is 0 Å². The van der Waals surface area contributed by atoms with Gasteiger partial charge in [-0.1, -0.05) is 6.07 Å². The maximum Gasteiger partial charge on any atom is 0.315 e. The number of urea groups is 1. The molecule has 122 valence electrons. The number of likely N-dealkylation sites (tertiary alicyclic amines) is 1. The fourth-order valence-corrected chi connectivity index (χ4v) is 2.73. The summed E-state index contributed by atoms with van der Waals surface area (Å²) in [5.41, 5.74) is 0.926. The van der Waals surface area contributed by atoms with Crippen molar-refractivity contribution >= 4 is 6.03 Å². The zero-order valence-electron chi connectivity index (χ0n) is 13.3. The van der Waals surface area contributed by atoms with E-state index in [0.717, 1.165) is 37.3 Å². The summed E-state index contributed by atoms with van der Waals surface area (Å²) in [6.07, 6.45) is 7.26. The Kier molecular flexibility index (Phi) is 4.87. The minimum absolute atomic E-state index is 0.130. The molecule has 0 aliphatic carbocycles. The Labute approximate surface area is 135 Å². The number of nitrogens with one attached hydrogen (secondary N) is 2. The molecule has 2 N–H and O–H groups in total. The van der Waals surface area contributed by atoms with Crippen molar-refractivity contribution in [3.05, 3.63) is 42.4 Å². The van der Waals surface area contributed by atoms with Crippen LogP contribution >= 0.6 is 0 Å². The van der Waals surface area contributed by atoms with Gasteiger partial charge in [-0.15, -0.1) is 0 Å². The van der Waals surface area contributed by atoms with Crippen molar-refractivity contribution in [2.75, 3.05) is 20.1 Å². The van der Waals surface area contributed by atoms with Gasteiger partial charge in [0.1, 0.15) is 0 Å². The van der Waals surface area contributed by atoms with Crippen molar-refractivity contribution in [1.82, 2.24) is 30.3 Å². The summed E-state index contributed by atoms with van der Waals surface area (Å²) in [4.78, 5) is 18.7. The normalized spacial score (nSPS) is 16.2. The van der Waals surface area contributed by atoms with E-state index in [0.29, 0.717) is 6.54 Å². The number of aromatic nitrogens is 3. The van der Waals surface area contributed by atoms with E-state index in [1.807, 2.05) is 24.4 Å². The minimum atomic E-state index is -0.130. The molecule has 2 amide bonds. The number of nitrogens with zero attached hydrogens (tertiary/aromatic N) is 4. The molecule has 0 atom stereocenters. The monoisotopic (exact) mass is 314 g/mol. The lowest BCUT2D eigenvalue weighted by atomic mass is 10.1. The summed E-state index contributed by atoms with van der Waals surface area (Å²) in [6.45, 7) is 2.47. The first-order valence-electron chi connectivity index (χ1n) is 7.89. The number of hydrogen-bond donors (Lipinski definition) is 2. The smallest absolute Gasteiger partial charge is 0.315 e. The zero-order valence-corrected chi connectivity index (χ0v) is 13.3. The van der Waals surface area contributed by atoms with E-state index in [-0.39, 0.29) is 12.1 Å². The third-order valence-electron chi connectivity index (χ3n) is 4.08. The molecule has 1 saturated heterocycles. The average Bonchev–Trinajstić information content (AvgIpc) is 3.10. The van der Waals surface area contributed by atoms with Crippen LogP contribution in [-0.4, -0.2) is 51.9 Å². The molecule has 0 saturated carbocycles. The van der Waals surface area contributed by atoms with Gasteiger partial charge in [-0.2, -0.15) is 5.10 Å². The van der Waals surface area contributed by atoms with E-state index >= 15 is 0 Å². The van der Waals surface area contributed by atoms with Crippen LogP contribution in [0.2, 0.25) is 0 Å². The maximum atomic E-state index is 12.1. The van der Waals surface area contributed by atoms with Crippen molar-refractivity contribution in [2.24, 2.45) is 0 Å². The fourth-order valence-electron chi connectivity index (χ4n) is 2.73. The lowest BCUT2D eigenvalue weighted by Gasteiger charge is -2.29. The molecule has 0 spiro atoms. The van der Waals surface area contributed by atoms with E-state index in [9.17, 15) is 4.79 Å². The summed E-state index contributed by atoms with van der Waals surface area (Å²) >= 11 is 0. The summed E-state index contributed by atoms with van der Waals surface area (Å²) in [5.74, 6) is 0.733. The number of amides is 2. The molecule has 0 aromatic carbocycles. The second-order valence-electron chi connectivity index (χ2n) is 5.84. The van der Waals surface area contributed by atoms with Crippen LogP contribution in [0, 0.1) is 0 Å². The van der Waals surface area contributed by atoms with E-state index < -0.39 is 0 Å². The highest BCUT2D eigenvalue weighted by atomic mass is 16.2. The number of pyridine rings is 1. The average molecular weight is 314 g/mol. The third-order valence-corrected chi connectivity index (χ3v) is 4.08. The van der Waals surface area contributed by atoms with E-state index in [4.69, 9.17) is 0 Å². The lowest BCUT2D eigenvalue weighted by molar-refractivity contribution is 0.213. The van der Waals surface area contributed by atoms with Gasteiger partial charge in [-0.3, -0.25) is 0 Å². The molecular formula is C16H22N6O. The van der Waals surface area contributed by atoms with Crippen LogP contribution in [0.1, 0.15) is 18.4 Å². The van der Waals surface area contributed by atoms with Crippen LogP contribution in [0.25, 0.3) is 5.82 Å². The van der Waals surface area contributed by atoms with Crippen LogP contribution < -0.4 is 10.6 Å². The van der Waals surface area contributed by atoms with E-state index in [1.165, 1.54) is 0 Å². The van der Waals surface area contributed by atoms with Crippen molar-refractivity contribution in [1.29, 1.82) is 0 Å². The Balaban J connectivity index is 1.55. The molecule has 2 aromatic heterocycles. The van der Waals surface area contributed by atoms with Crippen molar-refractivity contribution in [2.45, 2.75) is 25.4 Å². The summed E-state index contributed by atoms with van der Waals surface area (Å²) in [5, 5.41) is 10.2. The van der Waals surface area contributed by atoms with Gasteiger partial charge in [0, 0.05) is 36.7 Å². The SMILES string of the molecule is CN1CCC(NC(=O)NCc2cccnc2-n2cccn2)CC1. The molecule has 7 nitrogen and oxygen atoms in total. The van der Waals surface area contributed by atoms with E-state index in [1.54, 1.807) is 17.1 Å². The first kappa shape index (κ1) is 15.5. The molecule has 2 aromatic rings. The van der Waals surface area contributed by atoms with Gasteiger partial charge in [0.15, 0.2) is 5.82 Å². The lowest BCUT2D eigenvalue weighted by Crippen LogP contribution is -2.47. The predicted molar refractivity (Wildman–Crippen MR) is 87.2 cm³/mol. The molecule has 1 aliphatic rings. The summed E-state index contributed by atoms with van der Waals surface area (Å²) in [7, 11) is 2.11. The maximum absolute atomic E-state index is 12.1. The largest absolute Gasteiger partial charge is 0.335 e. The highest BCUT2D eigenvalue weighted by Crippen LogP contribution is 2.10. The van der Waals surface area contributed by atoms with Crippen LogP contribution in [0.5, 0.6) is 0 Å². The fraction of sp³-hybridized carbons (Fsp3) is 0.438. The number of carbonyl (C=O) groups is 1. The first-order valence-corrected chi connectivity index (χ1v) is 7.89. The van der Waals surface area contributed by atoms with Crippen LogP contribution in [0.3, 0.4) is 0 Å². The Bertz CT molecular complexity index is 634. The van der Waals surface area contributed by atoms with E-state index in [2.05, 4.69) is 32.7 Å². The summed E-state index contributed by atoms with van der Waals surface area (Å²) in [6, 6.07) is 5.78. The minimum Gasteiger partial charge on any atom is -0.335 e. The van der Waals surface area contributed by atoms with Crippen molar-refractivity contribution < 1.29 is 4.79 Å². The van der Waals surface area contributed by atoms with Crippen LogP contribution in [0.4, 0.5) is 4.79 Å². The second-order valence-corrected chi connectivity index (χ2v) is 5.84. The van der Waals surface area contributed by atoms with Gasteiger partial charge < -0.3 is 15.5 Å². The van der Waals surface area contributed by atoms with Gasteiger partial charge in [-0.05, 0) is 45.1 Å². The third kappa shape index (κ3) is 4.07. The molecule has 0 unspecified atom stereocenters. The van der Waals surface area contributed by atoms with Gasteiger partial charge in [-0.25, -0.2) is 14.5 Å². The standard InChI is InChI=1S/C16H22N6O/c1-21-10-5-14(6-11-21)20-16(23)18-12-13-4-2-7-17-15(13)22-9-3-8-19-22/h2-4,7-9,14H,5-6,10-12H2,1H3,(H2,18,20,23). The Morgan fingerprint density at radius 3 is 2.87 bits per heavy atom.